The van der Waals surface area contributed by atoms with Crippen LogP contribution < -0.4 is 5.32 Å². The fourth-order valence-electron chi connectivity index (χ4n) is 1.99. The van der Waals surface area contributed by atoms with Crippen molar-refractivity contribution < 1.29 is 4.79 Å². The number of benzene rings is 2. The Morgan fingerprint density at radius 3 is 2.36 bits per heavy atom. The highest BCUT2D eigenvalue weighted by atomic mass is 16.2. The van der Waals surface area contributed by atoms with E-state index in [1.165, 1.54) is 0 Å². The second kappa shape index (κ2) is 5.26. The Kier molecular flexibility index (Phi) is 3.41. The first-order chi connectivity index (χ1) is 10.4. The normalized spacial score (nSPS) is 11.6. The van der Waals surface area contributed by atoms with Crippen LogP contribution in [0, 0.1) is 5.41 Å². The molecule has 0 aliphatic carbocycles. The number of anilines is 1. The van der Waals surface area contributed by atoms with Crippen molar-refractivity contribution in [3.05, 3.63) is 48.5 Å². The topological polar surface area (TPSA) is 59.8 Å². The molecule has 0 spiro atoms. The van der Waals surface area contributed by atoms with Gasteiger partial charge in [-0.15, -0.1) is 10.2 Å². The molecular weight excluding hydrogens is 276 g/mol. The summed E-state index contributed by atoms with van der Waals surface area (Å²) in [5, 5.41) is 11.8. The molecule has 0 atom stereocenters. The van der Waals surface area contributed by atoms with Gasteiger partial charge in [-0.3, -0.25) is 4.79 Å². The quantitative estimate of drug-likeness (QED) is 0.788. The maximum absolute atomic E-state index is 12.0. The molecule has 0 bridgehead atoms. The Hall–Kier alpha value is -2.69. The first kappa shape index (κ1) is 14.3. The van der Waals surface area contributed by atoms with Gasteiger partial charge in [0.1, 0.15) is 11.0 Å². The molecule has 1 heterocycles. The van der Waals surface area contributed by atoms with Gasteiger partial charge in [0.05, 0.1) is 5.69 Å². The number of rotatable bonds is 2. The number of nitrogens with one attached hydrogen (secondary N) is 1. The zero-order valence-electron chi connectivity index (χ0n) is 12.9. The van der Waals surface area contributed by atoms with Crippen molar-refractivity contribution in [3.63, 3.8) is 0 Å². The second-order valence-corrected chi connectivity index (χ2v) is 6.23. The minimum Gasteiger partial charge on any atom is -0.326 e. The van der Waals surface area contributed by atoms with E-state index in [-0.39, 0.29) is 5.91 Å². The predicted octanol–water partition coefficient (Wildman–Crippen LogP) is 3.41. The van der Waals surface area contributed by atoms with Crippen LogP contribution in [-0.2, 0) is 4.79 Å². The average Bonchev–Trinajstić information content (AvgIpc) is 2.90. The first-order valence-electron chi connectivity index (χ1n) is 7.17. The van der Waals surface area contributed by atoms with E-state index in [0.717, 1.165) is 22.4 Å². The standard InChI is InChI=1S/C17H18N4O/c1-17(2,3)16(22)18-12-9-10-14-15(11-12)20-21(19-14)13-7-5-4-6-8-13/h4-11H,1-3H3,(H,18,22). The van der Waals surface area contributed by atoms with Gasteiger partial charge in [-0.25, -0.2) is 0 Å². The predicted molar refractivity (Wildman–Crippen MR) is 86.9 cm³/mol. The van der Waals surface area contributed by atoms with Gasteiger partial charge in [0.2, 0.25) is 5.91 Å². The zero-order chi connectivity index (χ0) is 15.7. The molecule has 112 valence electrons. The third-order valence-electron chi connectivity index (χ3n) is 3.31. The fraction of sp³-hybridized carbons (Fsp3) is 0.235. The van der Waals surface area contributed by atoms with Gasteiger partial charge >= 0.3 is 0 Å². The van der Waals surface area contributed by atoms with E-state index in [9.17, 15) is 4.79 Å². The highest BCUT2D eigenvalue weighted by Crippen LogP contribution is 2.20. The van der Waals surface area contributed by atoms with Crippen molar-refractivity contribution in [2.24, 2.45) is 5.41 Å². The van der Waals surface area contributed by atoms with Crippen molar-refractivity contribution in [2.45, 2.75) is 20.8 Å². The molecule has 0 aliphatic rings. The second-order valence-electron chi connectivity index (χ2n) is 6.23. The minimum absolute atomic E-state index is 0.0256. The lowest BCUT2D eigenvalue weighted by Crippen LogP contribution is -2.27. The van der Waals surface area contributed by atoms with E-state index in [4.69, 9.17) is 0 Å². The lowest BCUT2D eigenvalue weighted by molar-refractivity contribution is -0.123. The smallest absolute Gasteiger partial charge is 0.229 e. The number of hydrogen-bond acceptors (Lipinski definition) is 3. The van der Waals surface area contributed by atoms with Crippen LogP contribution in [-0.4, -0.2) is 20.9 Å². The van der Waals surface area contributed by atoms with Crippen LogP contribution >= 0.6 is 0 Å². The van der Waals surface area contributed by atoms with E-state index >= 15 is 0 Å². The Morgan fingerprint density at radius 2 is 1.68 bits per heavy atom. The summed E-state index contributed by atoms with van der Waals surface area (Å²) in [7, 11) is 0. The zero-order valence-corrected chi connectivity index (χ0v) is 12.9. The summed E-state index contributed by atoms with van der Waals surface area (Å²) in [6.07, 6.45) is 0. The van der Waals surface area contributed by atoms with E-state index < -0.39 is 5.41 Å². The van der Waals surface area contributed by atoms with E-state index in [1.54, 1.807) is 4.80 Å². The summed E-state index contributed by atoms with van der Waals surface area (Å²) < 4.78 is 0. The first-order valence-corrected chi connectivity index (χ1v) is 7.17. The third-order valence-corrected chi connectivity index (χ3v) is 3.31. The summed E-state index contributed by atoms with van der Waals surface area (Å²) in [6, 6.07) is 15.3. The molecule has 0 fully saturated rings. The van der Waals surface area contributed by atoms with Gasteiger partial charge in [0, 0.05) is 11.1 Å². The van der Waals surface area contributed by atoms with Crippen LogP contribution in [0.25, 0.3) is 16.7 Å². The number of para-hydroxylation sites is 1. The largest absolute Gasteiger partial charge is 0.326 e. The molecule has 0 saturated carbocycles. The number of aromatic nitrogens is 3. The van der Waals surface area contributed by atoms with Gasteiger partial charge in [-0.1, -0.05) is 39.0 Å². The molecular formula is C17H18N4O. The average molecular weight is 294 g/mol. The Labute approximate surface area is 129 Å². The molecule has 1 aromatic heterocycles. The molecule has 0 saturated heterocycles. The van der Waals surface area contributed by atoms with E-state index in [0.29, 0.717) is 0 Å². The molecule has 1 N–H and O–H groups in total. The van der Waals surface area contributed by atoms with Crippen molar-refractivity contribution in [1.29, 1.82) is 0 Å². The number of fused-ring (bicyclic) bond motifs is 1. The lowest BCUT2D eigenvalue weighted by atomic mass is 9.95. The summed E-state index contributed by atoms with van der Waals surface area (Å²) >= 11 is 0. The maximum Gasteiger partial charge on any atom is 0.229 e. The molecule has 5 nitrogen and oxygen atoms in total. The van der Waals surface area contributed by atoms with Crippen LogP contribution in [0.5, 0.6) is 0 Å². The van der Waals surface area contributed by atoms with Gasteiger partial charge < -0.3 is 5.32 Å². The minimum atomic E-state index is -0.434. The molecule has 1 amide bonds. The molecule has 0 radical (unpaired) electrons. The van der Waals surface area contributed by atoms with Gasteiger partial charge in [0.15, 0.2) is 0 Å². The molecule has 0 aliphatic heterocycles. The van der Waals surface area contributed by atoms with Crippen molar-refractivity contribution >= 4 is 22.6 Å². The van der Waals surface area contributed by atoms with Crippen LogP contribution in [0.3, 0.4) is 0 Å². The van der Waals surface area contributed by atoms with Crippen LogP contribution in [0.2, 0.25) is 0 Å². The summed E-state index contributed by atoms with van der Waals surface area (Å²) in [6.45, 7) is 5.64. The highest BCUT2D eigenvalue weighted by Gasteiger charge is 2.21. The SMILES string of the molecule is CC(C)(C)C(=O)Nc1ccc2nn(-c3ccccc3)nc2c1. The highest BCUT2D eigenvalue weighted by molar-refractivity contribution is 5.96. The molecule has 2 aromatic carbocycles. The Bertz CT molecular complexity index is 816. The van der Waals surface area contributed by atoms with E-state index in [1.807, 2.05) is 69.3 Å². The van der Waals surface area contributed by atoms with E-state index in [2.05, 4.69) is 15.5 Å². The van der Waals surface area contributed by atoms with Gasteiger partial charge in [-0.2, -0.15) is 4.80 Å². The lowest BCUT2D eigenvalue weighted by Gasteiger charge is -2.17. The summed E-state index contributed by atoms with van der Waals surface area (Å²) in [4.78, 5) is 13.6. The molecule has 3 rings (SSSR count). The van der Waals surface area contributed by atoms with Gasteiger partial charge in [-0.05, 0) is 30.3 Å². The molecule has 5 heteroatoms. The van der Waals surface area contributed by atoms with Gasteiger partial charge in [0.25, 0.3) is 0 Å². The summed E-state index contributed by atoms with van der Waals surface area (Å²) in [5.41, 5.74) is 2.73. The number of carbonyl (C=O) groups excluding carboxylic acids is 1. The molecule has 3 aromatic rings. The third kappa shape index (κ3) is 2.83. The molecule has 0 unspecified atom stereocenters. The monoisotopic (exact) mass is 294 g/mol. The van der Waals surface area contributed by atoms with Crippen LogP contribution in [0.4, 0.5) is 5.69 Å². The molecule has 22 heavy (non-hydrogen) atoms. The number of carbonyl (C=O) groups is 1. The Morgan fingerprint density at radius 1 is 1.00 bits per heavy atom. The van der Waals surface area contributed by atoms with Crippen LogP contribution in [0.15, 0.2) is 48.5 Å². The van der Waals surface area contributed by atoms with Crippen molar-refractivity contribution in [2.75, 3.05) is 5.32 Å². The van der Waals surface area contributed by atoms with Crippen LogP contribution in [0.1, 0.15) is 20.8 Å². The number of amides is 1. The van der Waals surface area contributed by atoms with Crippen molar-refractivity contribution in [1.82, 2.24) is 15.0 Å². The van der Waals surface area contributed by atoms with Crippen molar-refractivity contribution in [3.8, 4) is 5.69 Å². The Balaban J connectivity index is 1.92. The number of hydrogen-bond donors (Lipinski definition) is 1. The maximum atomic E-state index is 12.0. The fourth-order valence-corrected chi connectivity index (χ4v) is 1.99. The number of nitrogens with zero attached hydrogens (tertiary/aromatic N) is 3. The summed E-state index contributed by atoms with van der Waals surface area (Å²) in [5.74, 6) is -0.0256.